The molecule has 0 bridgehead atoms. The van der Waals surface area contributed by atoms with E-state index in [4.69, 9.17) is 18.4 Å². The fourth-order valence-corrected chi connectivity index (χ4v) is 4.72. The van der Waals surface area contributed by atoms with Crippen molar-refractivity contribution in [3.05, 3.63) is 48.2 Å². The van der Waals surface area contributed by atoms with Crippen LogP contribution in [-0.4, -0.2) is 52.2 Å². The van der Waals surface area contributed by atoms with Gasteiger partial charge in [0.2, 0.25) is 17.7 Å². The molecule has 1 aliphatic heterocycles. The van der Waals surface area contributed by atoms with Crippen molar-refractivity contribution < 1.29 is 18.4 Å². The Kier molecular flexibility index (Phi) is 6.70. The van der Waals surface area contributed by atoms with E-state index < -0.39 is 0 Å². The lowest BCUT2D eigenvalue weighted by atomic mass is 10.1. The van der Waals surface area contributed by atoms with Gasteiger partial charge < -0.3 is 23.3 Å². The summed E-state index contributed by atoms with van der Waals surface area (Å²) in [7, 11) is 3.21. The highest BCUT2D eigenvalue weighted by Gasteiger charge is 2.22. The van der Waals surface area contributed by atoms with E-state index in [0.29, 0.717) is 35.5 Å². The maximum absolute atomic E-state index is 5.59. The molecule has 0 saturated carbocycles. The zero-order valence-corrected chi connectivity index (χ0v) is 20.0. The number of ether oxygens (including phenoxy) is 2. The third-order valence-corrected chi connectivity index (χ3v) is 6.62. The maximum atomic E-state index is 5.59. The van der Waals surface area contributed by atoms with Crippen molar-refractivity contribution in [3.63, 3.8) is 0 Å². The average molecular weight is 483 g/mol. The molecule has 5 rings (SSSR count). The van der Waals surface area contributed by atoms with Gasteiger partial charge in [-0.15, -0.1) is 10.2 Å². The molecular formula is C23H26N6O4S. The van der Waals surface area contributed by atoms with Gasteiger partial charge >= 0.3 is 0 Å². The number of hydrogen-bond acceptors (Lipinski definition) is 10. The van der Waals surface area contributed by atoms with Gasteiger partial charge in [-0.3, -0.25) is 4.57 Å². The number of methoxy groups -OCH3 is 2. The van der Waals surface area contributed by atoms with Gasteiger partial charge in [-0.05, 0) is 43.5 Å². The fraction of sp³-hybridized carbons (Fsp3) is 0.391. The molecule has 4 heterocycles. The van der Waals surface area contributed by atoms with Crippen LogP contribution in [0, 0.1) is 0 Å². The molecule has 0 unspecified atom stereocenters. The van der Waals surface area contributed by atoms with E-state index in [1.165, 1.54) is 18.2 Å². The Morgan fingerprint density at radius 2 is 1.94 bits per heavy atom. The summed E-state index contributed by atoms with van der Waals surface area (Å²) >= 11 is 1.50. The Labute approximate surface area is 201 Å². The van der Waals surface area contributed by atoms with Gasteiger partial charge in [0.15, 0.2) is 5.16 Å². The molecule has 178 valence electrons. The zero-order chi connectivity index (χ0) is 23.3. The average Bonchev–Trinajstić information content (AvgIpc) is 3.65. The van der Waals surface area contributed by atoms with Crippen molar-refractivity contribution in [1.82, 2.24) is 24.9 Å². The molecule has 0 aliphatic carbocycles. The molecule has 1 saturated heterocycles. The number of rotatable bonds is 9. The number of anilines is 1. The number of furan rings is 1. The molecule has 10 nitrogen and oxygen atoms in total. The first-order chi connectivity index (χ1) is 16.7. The lowest BCUT2D eigenvalue weighted by molar-refractivity contribution is 0.388. The second-order valence-electron chi connectivity index (χ2n) is 7.86. The molecule has 0 spiro atoms. The van der Waals surface area contributed by atoms with Gasteiger partial charge in [-0.2, -0.15) is 4.98 Å². The minimum Gasteiger partial charge on any atom is -0.497 e. The number of aromatic nitrogens is 5. The van der Waals surface area contributed by atoms with Crippen LogP contribution in [0.4, 0.5) is 5.95 Å². The summed E-state index contributed by atoms with van der Waals surface area (Å²) in [5, 5.41) is 13.9. The lowest BCUT2D eigenvalue weighted by Crippen LogP contribution is -2.32. The summed E-state index contributed by atoms with van der Waals surface area (Å²) in [5.41, 5.74) is 0.733. The van der Waals surface area contributed by atoms with Gasteiger partial charge in [-0.25, -0.2) is 0 Å². The van der Waals surface area contributed by atoms with Gasteiger partial charge in [0.05, 0.1) is 38.3 Å². The summed E-state index contributed by atoms with van der Waals surface area (Å²) in [4.78, 5) is 6.85. The Hall–Kier alpha value is -3.47. The molecule has 1 aromatic carbocycles. The summed E-state index contributed by atoms with van der Waals surface area (Å²) in [6, 6.07) is 9.33. The first kappa shape index (κ1) is 22.3. The quantitative estimate of drug-likeness (QED) is 0.321. The monoisotopic (exact) mass is 482 g/mol. The summed E-state index contributed by atoms with van der Waals surface area (Å²) in [5.74, 6) is 4.44. The van der Waals surface area contributed by atoms with E-state index in [1.807, 2.05) is 24.3 Å². The van der Waals surface area contributed by atoms with Crippen LogP contribution in [0.1, 0.15) is 30.9 Å². The molecule has 1 fully saturated rings. The number of hydrogen-bond donors (Lipinski definition) is 0. The molecular weight excluding hydrogens is 456 g/mol. The van der Waals surface area contributed by atoms with E-state index in [-0.39, 0.29) is 0 Å². The zero-order valence-electron chi connectivity index (χ0n) is 19.1. The first-order valence-electron chi connectivity index (χ1n) is 11.1. The molecule has 11 heteroatoms. The van der Waals surface area contributed by atoms with Crippen LogP contribution >= 0.6 is 11.8 Å². The molecule has 0 atom stereocenters. The summed E-state index contributed by atoms with van der Waals surface area (Å²) in [6.07, 6.45) is 5.26. The van der Waals surface area contributed by atoms with Crippen molar-refractivity contribution >= 4 is 17.7 Å². The van der Waals surface area contributed by atoms with Crippen molar-refractivity contribution in [2.75, 3.05) is 32.2 Å². The molecule has 34 heavy (non-hydrogen) atoms. The van der Waals surface area contributed by atoms with E-state index in [2.05, 4.69) is 29.8 Å². The molecule has 0 radical (unpaired) electrons. The Morgan fingerprint density at radius 3 is 2.71 bits per heavy atom. The highest BCUT2D eigenvalue weighted by atomic mass is 32.2. The maximum Gasteiger partial charge on any atom is 0.237 e. The van der Waals surface area contributed by atoms with Crippen molar-refractivity contribution in [3.8, 4) is 22.9 Å². The normalized spacial score (nSPS) is 13.9. The predicted molar refractivity (Wildman–Crippen MR) is 126 cm³/mol. The minimum absolute atomic E-state index is 0.459. The van der Waals surface area contributed by atoms with Gasteiger partial charge in [0.25, 0.3) is 0 Å². The standard InChI is InChI=1S/C23H26N6O4S/c1-30-16-8-9-18(19(13-16)31-2)21-24-20(33-27-21)15-34-23-26-25-22(28-10-4-3-5-11-28)29(23)14-17-7-6-12-32-17/h6-9,12-13H,3-5,10-11,14-15H2,1-2H3. The minimum atomic E-state index is 0.459. The van der Waals surface area contributed by atoms with Crippen molar-refractivity contribution in [2.24, 2.45) is 0 Å². The van der Waals surface area contributed by atoms with E-state index in [0.717, 1.165) is 48.4 Å². The first-order valence-corrected chi connectivity index (χ1v) is 12.1. The largest absolute Gasteiger partial charge is 0.497 e. The third kappa shape index (κ3) is 4.74. The molecule has 4 aromatic rings. The third-order valence-electron chi connectivity index (χ3n) is 5.67. The number of thioether (sulfide) groups is 1. The second kappa shape index (κ2) is 10.2. The Morgan fingerprint density at radius 1 is 1.06 bits per heavy atom. The van der Waals surface area contributed by atoms with E-state index in [9.17, 15) is 0 Å². The van der Waals surface area contributed by atoms with Crippen LogP contribution < -0.4 is 14.4 Å². The fourth-order valence-electron chi connectivity index (χ4n) is 3.94. The van der Waals surface area contributed by atoms with Gasteiger partial charge in [0, 0.05) is 19.2 Å². The van der Waals surface area contributed by atoms with Crippen LogP contribution in [-0.2, 0) is 12.3 Å². The van der Waals surface area contributed by atoms with Crippen LogP contribution in [0.25, 0.3) is 11.4 Å². The Balaban J connectivity index is 1.34. The van der Waals surface area contributed by atoms with Gasteiger partial charge in [-0.1, -0.05) is 16.9 Å². The van der Waals surface area contributed by atoms with Crippen LogP contribution in [0.2, 0.25) is 0 Å². The van der Waals surface area contributed by atoms with E-state index >= 15 is 0 Å². The van der Waals surface area contributed by atoms with Crippen LogP contribution in [0.5, 0.6) is 11.5 Å². The van der Waals surface area contributed by atoms with Crippen molar-refractivity contribution in [2.45, 2.75) is 36.7 Å². The lowest BCUT2D eigenvalue weighted by Gasteiger charge is -2.27. The summed E-state index contributed by atoms with van der Waals surface area (Å²) < 4.78 is 23.9. The second-order valence-corrected chi connectivity index (χ2v) is 8.80. The topological polar surface area (TPSA) is 104 Å². The predicted octanol–water partition coefficient (Wildman–Crippen LogP) is 4.27. The number of nitrogens with zero attached hydrogens (tertiary/aromatic N) is 6. The highest BCUT2D eigenvalue weighted by molar-refractivity contribution is 7.98. The highest BCUT2D eigenvalue weighted by Crippen LogP contribution is 2.33. The Bertz CT molecular complexity index is 1220. The smallest absolute Gasteiger partial charge is 0.237 e. The molecule has 0 amide bonds. The number of benzene rings is 1. The SMILES string of the molecule is COc1ccc(-c2noc(CSc3nnc(N4CCCCC4)n3Cc3ccco3)n2)c(OC)c1. The summed E-state index contributed by atoms with van der Waals surface area (Å²) in [6.45, 7) is 2.53. The van der Waals surface area contributed by atoms with Crippen LogP contribution in [0.15, 0.2) is 50.7 Å². The van der Waals surface area contributed by atoms with Crippen LogP contribution in [0.3, 0.4) is 0 Å². The molecule has 0 N–H and O–H groups in total. The molecule has 3 aromatic heterocycles. The van der Waals surface area contributed by atoms with Gasteiger partial charge in [0.1, 0.15) is 17.3 Å². The van der Waals surface area contributed by atoms with Crippen molar-refractivity contribution in [1.29, 1.82) is 0 Å². The van der Waals surface area contributed by atoms with E-state index in [1.54, 1.807) is 26.5 Å². The number of piperidine rings is 1. The molecule has 1 aliphatic rings.